The molecule has 1 atom stereocenters. The molecule has 16 heavy (non-hydrogen) atoms. The van der Waals surface area contributed by atoms with Gasteiger partial charge in [0.2, 0.25) is 0 Å². The minimum absolute atomic E-state index is 0.193. The van der Waals surface area contributed by atoms with Gasteiger partial charge in [-0.15, -0.1) is 0 Å². The summed E-state index contributed by atoms with van der Waals surface area (Å²) in [5.74, 6) is 0.550. The highest BCUT2D eigenvalue weighted by atomic mass is 79.9. The van der Waals surface area contributed by atoms with Crippen LogP contribution in [0.15, 0.2) is 53.0 Å². The number of benzene rings is 2. The van der Waals surface area contributed by atoms with E-state index < -0.39 is 0 Å². The summed E-state index contributed by atoms with van der Waals surface area (Å²) < 4.78 is 1.06. The van der Waals surface area contributed by atoms with Crippen molar-refractivity contribution in [2.75, 3.05) is 0 Å². The number of phenolic OH excluding ortho intramolecular Hbond substituents is 1. The molecule has 0 amide bonds. The summed E-state index contributed by atoms with van der Waals surface area (Å²) in [5, 5.41) is 9.80. The van der Waals surface area contributed by atoms with Gasteiger partial charge in [-0.1, -0.05) is 53.2 Å². The van der Waals surface area contributed by atoms with Gasteiger partial charge in [-0.05, 0) is 23.8 Å². The van der Waals surface area contributed by atoms with Crippen LogP contribution in [0, 0.1) is 0 Å². The summed E-state index contributed by atoms with van der Waals surface area (Å²) in [6.07, 6.45) is 0. The molecule has 0 aliphatic heterocycles. The van der Waals surface area contributed by atoms with Gasteiger partial charge in [0.15, 0.2) is 0 Å². The number of hydrogen-bond acceptors (Lipinski definition) is 1. The molecule has 2 heteroatoms. The van der Waals surface area contributed by atoms with Gasteiger partial charge in [0, 0.05) is 16.0 Å². The van der Waals surface area contributed by atoms with Gasteiger partial charge in [-0.3, -0.25) is 0 Å². The summed E-state index contributed by atoms with van der Waals surface area (Å²) in [5.41, 5.74) is 2.15. The lowest BCUT2D eigenvalue weighted by Crippen LogP contribution is -1.96. The van der Waals surface area contributed by atoms with Crippen LogP contribution in [0.1, 0.15) is 24.0 Å². The monoisotopic (exact) mass is 276 g/mol. The smallest absolute Gasteiger partial charge is 0.119 e. The molecule has 1 N–H and O–H groups in total. The predicted molar refractivity (Wildman–Crippen MR) is 69.8 cm³/mol. The van der Waals surface area contributed by atoms with Gasteiger partial charge in [-0.2, -0.15) is 0 Å². The molecule has 2 aromatic rings. The van der Waals surface area contributed by atoms with Crippen LogP contribution in [0.2, 0.25) is 0 Å². The minimum atomic E-state index is 0.193. The van der Waals surface area contributed by atoms with Crippen LogP contribution in [-0.2, 0) is 0 Å². The van der Waals surface area contributed by atoms with Crippen LogP contribution in [0.5, 0.6) is 5.75 Å². The molecule has 0 bridgehead atoms. The van der Waals surface area contributed by atoms with Gasteiger partial charge >= 0.3 is 0 Å². The van der Waals surface area contributed by atoms with E-state index in [4.69, 9.17) is 0 Å². The maximum absolute atomic E-state index is 9.80. The third-order valence-corrected chi connectivity index (χ3v) is 3.25. The highest BCUT2D eigenvalue weighted by Gasteiger charge is 2.11. The molecule has 82 valence electrons. The molecule has 0 radical (unpaired) electrons. The normalized spacial score (nSPS) is 12.4. The summed E-state index contributed by atoms with van der Waals surface area (Å²) >= 11 is 3.46. The van der Waals surface area contributed by atoms with Crippen molar-refractivity contribution in [2.45, 2.75) is 12.8 Å². The van der Waals surface area contributed by atoms with Crippen LogP contribution in [-0.4, -0.2) is 5.11 Å². The minimum Gasteiger partial charge on any atom is -0.508 e. The number of halogens is 1. The summed E-state index contributed by atoms with van der Waals surface area (Å²) in [7, 11) is 0. The molecule has 0 saturated carbocycles. The first-order valence-corrected chi connectivity index (χ1v) is 6.01. The topological polar surface area (TPSA) is 20.2 Å². The van der Waals surface area contributed by atoms with E-state index in [2.05, 4.69) is 35.0 Å². The Bertz CT molecular complexity index is 494. The van der Waals surface area contributed by atoms with E-state index in [9.17, 15) is 5.11 Å². The summed E-state index contributed by atoms with van der Waals surface area (Å²) in [6.45, 7) is 2.09. The van der Waals surface area contributed by atoms with Crippen molar-refractivity contribution in [3.8, 4) is 5.75 Å². The average molecular weight is 277 g/mol. The van der Waals surface area contributed by atoms with Crippen LogP contribution < -0.4 is 0 Å². The maximum Gasteiger partial charge on any atom is 0.119 e. The predicted octanol–water partition coefficient (Wildman–Crippen LogP) is 4.31. The first-order valence-electron chi connectivity index (χ1n) is 5.22. The van der Waals surface area contributed by atoms with E-state index in [-0.39, 0.29) is 5.92 Å². The fourth-order valence-electron chi connectivity index (χ4n) is 1.81. The molecule has 2 aromatic carbocycles. The largest absolute Gasteiger partial charge is 0.508 e. The highest BCUT2D eigenvalue weighted by molar-refractivity contribution is 9.10. The standard InChI is InChI=1S/C14H13BrO/c1-10(11-5-4-6-12(15)9-11)13-7-2-3-8-14(13)16/h2-10,16H,1H3/t10-/m0/s1. The summed E-state index contributed by atoms with van der Waals surface area (Å²) in [6, 6.07) is 15.6. The fraction of sp³-hybridized carbons (Fsp3) is 0.143. The Kier molecular flexibility index (Phi) is 3.30. The average Bonchev–Trinajstić information content (AvgIpc) is 2.29. The number of rotatable bonds is 2. The number of para-hydroxylation sites is 1. The molecule has 0 spiro atoms. The second kappa shape index (κ2) is 4.71. The van der Waals surface area contributed by atoms with Crippen LogP contribution in [0.25, 0.3) is 0 Å². The highest BCUT2D eigenvalue weighted by Crippen LogP contribution is 2.31. The van der Waals surface area contributed by atoms with Crippen molar-refractivity contribution < 1.29 is 5.11 Å². The molecule has 0 aliphatic carbocycles. The Balaban J connectivity index is 2.39. The molecular formula is C14H13BrO. The lowest BCUT2D eigenvalue weighted by atomic mass is 9.93. The fourth-order valence-corrected chi connectivity index (χ4v) is 2.23. The van der Waals surface area contributed by atoms with Crippen molar-refractivity contribution in [3.63, 3.8) is 0 Å². The van der Waals surface area contributed by atoms with Crippen LogP contribution in [0.3, 0.4) is 0 Å². The summed E-state index contributed by atoms with van der Waals surface area (Å²) in [4.78, 5) is 0. The quantitative estimate of drug-likeness (QED) is 0.867. The molecule has 0 unspecified atom stereocenters. The third-order valence-electron chi connectivity index (χ3n) is 2.75. The van der Waals surface area contributed by atoms with Gasteiger partial charge in [0.1, 0.15) is 5.75 Å². The van der Waals surface area contributed by atoms with Crippen LogP contribution >= 0.6 is 15.9 Å². The van der Waals surface area contributed by atoms with E-state index in [1.54, 1.807) is 6.07 Å². The van der Waals surface area contributed by atoms with Crippen LogP contribution in [0.4, 0.5) is 0 Å². The SMILES string of the molecule is C[C@@H](c1cccc(Br)c1)c1ccccc1O. The van der Waals surface area contributed by atoms with Crippen molar-refractivity contribution in [1.29, 1.82) is 0 Å². The second-order valence-electron chi connectivity index (χ2n) is 3.84. The Labute approximate surface area is 104 Å². The van der Waals surface area contributed by atoms with Crippen molar-refractivity contribution in [3.05, 3.63) is 64.1 Å². The zero-order chi connectivity index (χ0) is 11.5. The Morgan fingerprint density at radius 3 is 2.50 bits per heavy atom. The van der Waals surface area contributed by atoms with Gasteiger partial charge < -0.3 is 5.11 Å². The van der Waals surface area contributed by atoms with E-state index in [0.717, 1.165) is 10.0 Å². The lowest BCUT2D eigenvalue weighted by Gasteiger charge is -2.14. The van der Waals surface area contributed by atoms with Crippen molar-refractivity contribution in [1.82, 2.24) is 0 Å². The molecule has 2 rings (SSSR count). The molecule has 0 fully saturated rings. The van der Waals surface area contributed by atoms with Crippen molar-refractivity contribution in [2.24, 2.45) is 0 Å². The second-order valence-corrected chi connectivity index (χ2v) is 4.75. The first-order chi connectivity index (χ1) is 7.68. The molecule has 0 heterocycles. The maximum atomic E-state index is 9.80. The van der Waals surface area contributed by atoms with Gasteiger partial charge in [0.05, 0.1) is 0 Å². The third kappa shape index (κ3) is 2.27. The Hall–Kier alpha value is -1.28. The van der Waals surface area contributed by atoms with E-state index in [1.165, 1.54) is 5.56 Å². The molecule has 0 saturated heterocycles. The molecule has 0 aromatic heterocycles. The molecule has 1 nitrogen and oxygen atoms in total. The lowest BCUT2D eigenvalue weighted by molar-refractivity contribution is 0.466. The van der Waals surface area contributed by atoms with Crippen molar-refractivity contribution >= 4 is 15.9 Å². The zero-order valence-electron chi connectivity index (χ0n) is 9.02. The van der Waals surface area contributed by atoms with Gasteiger partial charge in [-0.25, -0.2) is 0 Å². The van der Waals surface area contributed by atoms with E-state index in [0.29, 0.717) is 5.75 Å². The molecular weight excluding hydrogens is 264 g/mol. The number of hydrogen-bond donors (Lipinski definition) is 1. The Morgan fingerprint density at radius 2 is 1.81 bits per heavy atom. The number of aromatic hydroxyl groups is 1. The molecule has 0 aliphatic rings. The first kappa shape index (κ1) is 11.2. The zero-order valence-corrected chi connectivity index (χ0v) is 10.6. The number of phenols is 1. The van der Waals surface area contributed by atoms with E-state index >= 15 is 0 Å². The van der Waals surface area contributed by atoms with E-state index in [1.807, 2.05) is 30.3 Å². The Morgan fingerprint density at radius 1 is 1.06 bits per heavy atom. The van der Waals surface area contributed by atoms with Gasteiger partial charge in [0.25, 0.3) is 0 Å².